The molecule has 0 fully saturated rings. The molecule has 4 nitrogen and oxygen atoms in total. The van der Waals surface area contributed by atoms with Gasteiger partial charge in [0, 0.05) is 12.0 Å². The largest absolute Gasteiger partial charge is 0.497 e. The van der Waals surface area contributed by atoms with Gasteiger partial charge in [-0.3, -0.25) is 0 Å². The highest BCUT2D eigenvalue weighted by molar-refractivity contribution is 6.02. The molecule has 0 saturated heterocycles. The first kappa shape index (κ1) is 12.6. The Bertz CT molecular complexity index is 480. The van der Waals surface area contributed by atoms with Crippen molar-refractivity contribution in [2.75, 3.05) is 7.11 Å². The van der Waals surface area contributed by atoms with E-state index in [1.165, 1.54) is 5.56 Å². The monoisotopic (exact) mass is 247 g/mol. The van der Waals surface area contributed by atoms with Crippen LogP contribution >= 0.6 is 0 Å². The Balaban J connectivity index is 2.25. The molecule has 18 heavy (non-hydrogen) atoms. The fraction of sp³-hybridized carbons (Fsp3) is 0.429. The Kier molecular flexibility index (Phi) is 3.97. The average Bonchev–Trinajstić information content (AvgIpc) is 2.43. The maximum atomic E-state index is 11.1. The molecular formula is C14H17NO3. The predicted molar refractivity (Wildman–Crippen MR) is 68.9 cm³/mol. The van der Waals surface area contributed by atoms with Crippen molar-refractivity contribution in [1.82, 2.24) is 0 Å². The number of hydrogen-bond donors (Lipinski definition) is 0. The predicted octanol–water partition coefficient (Wildman–Crippen LogP) is 2.69. The Morgan fingerprint density at radius 2 is 2.22 bits per heavy atom. The second-order valence-electron chi connectivity index (χ2n) is 4.23. The first-order valence-corrected chi connectivity index (χ1v) is 6.18. The maximum Gasteiger partial charge on any atom is 0.334 e. The van der Waals surface area contributed by atoms with Crippen LogP contribution in [0, 0.1) is 0 Å². The number of oxime groups is 1. The molecule has 0 amide bonds. The number of carbonyl (C=O) groups excluding carboxylic acids is 1. The van der Waals surface area contributed by atoms with E-state index in [1.807, 2.05) is 18.2 Å². The molecule has 0 N–H and O–H groups in total. The van der Waals surface area contributed by atoms with Crippen LogP contribution < -0.4 is 4.74 Å². The lowest BCUT2D eigenvalue weighted by atomic mass is 9.90. The van der Waals surface area contributed by atoms with E-state index in [1.54, 1.807) is 14.0 Å². The lowest BCUT2D eigenvalue weighted by Crippen LogP contribution is -2.13. The third-order valence-corrected chi connectivity index (χ3v) is 3.03. The zero-order valence-electron chi connectivity index (χ0n) is 10.7. The summed E-state index contributed by atoms with van der Waals surface area (Å²) in [5.41, 5.74) is 3.11. The highest BCUT2D eigenvalue weighted by Gasteiger charge is 2.17. The molecule has 0 unspecified atom stereocenters. The summed E-state index contributed by atoms with van der Waals surface area (Å²) in [5.74, 6) is 0.545. The minimum absolute atomic E-state index is 0.303. The quantitative estimate of drug-likeness (QED) is 0.609. The van der Waals surface area contributed by atoms with Gasteiger partial charge in [-0.15, -0.1) is 0 Å². The van der Waals surface area contributed by atoms with Crippen LogP contribution in [0.1, 0.15) is 37.3 Å². The molecule has 4 heteroatoms. The van der Waals surface area contributed by atoms with Crippen molar-refractivity contribution in [3.8, 4) is 5.75 Å². The third kappa shape index (κ3) is 2.70. The van der Waals surface area contributed by atoms with Gasteiger partial charge in [0.25, 0.3) is 0 Å². The Labute approximate surface area is 107 Å². The zero-order valence-corrected chi connectivity index (χ0v) is 10.7. The van der Waals surface area contributed by atoms with Gasteiger partial charge in [-0.2, -0.15) is 0 Å². The van der Waals surface area contributed by atoms with E-state index in [0.29, 0.717) is 6.42 Å². The molecule has 1 aromatic rings. The van der Waals surface area contributed by atoms with E-state index in [0.717, 1.165) is 36.3 Å². The van der Waals surface area contributed by atoms with Crippen molar-refractivity contribution >= 4 is 11.7 Å². The molecule has 0 atom stereocenters. The van der Waals surface area contributed by atoms with Crippen molar-refractivity contribution < 1.29 is 14.4 Å². The summed E-state index contributed by atoms with van der Waals surface area (Å²) < 4.78 is 5.21. The topological polar surface area (TPSA) is 47.9 Å². The second kappa shape index (κ2) is 5.67. The van der Waals surface area contributed by atoms with Crippen molar-refractivity contribution in [3.63, 3.8) is 0 Å². The minimum atomic E-state index is -0.303. The number of carbonyl (C=O) groups is 1. The summed E-state index contributed by atoms with van der Waals surface area (Å²) in [6.45, 7) is 1.75. The van der Waals surface area contributed by atoms with Crippen LogP contribution in [-0.2, 0) is 16.1 Å². The van der Waals surface area contributed by atoms with Crippen LogP contribution in [0.15, 0.2) is 23.4 Å². The first-order chi connectivity index (χ1) is 8.74. The number of rotatable bonds is 3. The Hall–Kier alpha value is -1.84. The molecule has 2 rings (SSSR count). The fourth-order valence-corrected chi connectivity index (χ4v) is 2.03. The standard InChI is InChI=1S/C14H17NO3/c1-3-14(16)18-15-13-6-4-5-10-9-11(17-2)7-8-12(10)13/h7-9H,3-6H2,1-2H3/b15-13+. The zero-order chi connectivity index (χ0) is 13.0. The third-order valence-electron chi connectivity index (χ3n) is 3.03. The van der Waals surface area contributed by atoms with Gasteiger partial charge < -0.3 is 9.57 Å². The van der Waals surface area contributed by atoms with E-state index in [4.69, 9.17) is 9.57 Å². The molecule has 0 saturated carbocycles. The molecule has 0 spiro atoms. The van der Waals surface area contributed by atoms with Crippen LogP contribution in [-0.4, -0.2) is 18.8 Å². The average molecular weight is 247 g/mol. The Morgan fingerprint density at radius 3 is 2.94 bits per heavy atom. The first-order valence-electron chi connectivity index (χ1n) is 6.18. The van der Waals surface area contributed by atoms with Crippen LogP contribution in [0.2, 0.25) is 0 Å². The summed E-state index contributed by atoms with van der Waals surface area (Å²) in [7, 11) is 1.66. The van der Waals surface area contributed by atoms with Crippen LogP contribution in [0.3, 0.4) is 0 Å². The molecule has 0 radical (unpaired) electrons. The highest BCUT2D eigenvalue weighted by Crippen LogP contribution is 2.25. The van der Waals surface area contributed by atoms with Gasteiger partial charge in [0.1, 0.15) is 5.75 Å². The van der Waals surface area contributed by atoms with Crippen molar-refractivity contribution in [1.29, 1.82) is 0 Å². The fourth-order valence-electron chi connectivity index (χ4n) is 2.03. The summed E-state index contributed by atoms with van der Waals surface area (Å²) in [6, 6.07) is 5.90. The van der Waals surface area contributed by atoms with E-state index in [2.05, 4.69) is 5.16 Å². The van der Waals surface area contributed by atoms with Gasteiger partial charge in [-0.1, -0.05) is 12.1 Å². The van der Waals surface area contributed by atoms with Gasteiger partial charge in [-0.25, -0.2) is 4.79 Å². The van der Waals surface area contributed by atoms with E-state index in [9.17, 15) is 4.79 Å². The lowest BCUT2D eigenvalue weighted by molar-refractivity contribution is -0.143. The van der Waals surface area contributed by atoms with Gasteiger partial charge in [-0.05, 0) is 43.0 Å². The second-order valence-corrected chi connectivity index (χ2v) is 4.23. The molecule has 0 bridgehead atoms. The molecule has 96 valence electrons. The summed E-state index contributed by atoms with van der Waals surface area (Å²) in [6.07, 6.45) is 3.21. The summed E-state index contributed by atoms with van der Waals surface area (Å²) in [4.78, 5) is 16.0. The minimum Gasteiger partial charge on any atom is -0.497 e. The molecular weight excluding hydrogens is 230 g/mol. The number of fused-ring (bicyclic) bond motifs is 1. The molecule has 0 aliphatic heterocycles. The van der Waals surface area contributed by atoms with Crippen LogP contribution in [0.25, 0.3) is 0 Å². The van der Waals surface area contributed by atoms with Crippen LogP contribution in [0.5, 0.6) is 5.75 Å². The van der Waals surface area contributed by atoms with Gasteiger partial charge in [0.05, 0.1) is 12.8 Å². The molecule has 0 aromatic heterocycles. The molecule has 1 aromatic carbocycles. The van der Waals surface area contributed by atoms with E-state index >= 15 is 0 Å². The summed E-state index contributed by atoms with van der Waals surface area (Å²) in [5, 5.41) is 3.98. The van der Waals surface area contributed by atoms with Crippen LogP contribution in [0.4, 0.5) is 0 Å². The molecule has 0 heterocycles. The number of nitrogens with zero attached hydrogens (tertiary/aromatic N) is 1. The highest BCUT2D eigenvalue weighted by atomic mass is 16.7. The smallest absolute Gasteiger partial charge is 0.334 e. The SMILES string of the molecule is CCC(=O)O/N=C1\CCCc2cc(OC)ccc21. The van der Waals surface area contributed by atoms with E-state index in [-0.39, 0.29) is 5.97 Å². The van der Waals surface area contributed by atoms with Gasteiger partial charge in [0.15, 0.2) is 0 Å². The Morgan fingerprint density at radius 1 is 1.39 bits per heavy atom. The summed E-state index contributed by atoms with van der Waals surface area (Å²) >= 11 is 0. The molecule has 1 aliphatic rings. The lowest BCUT2D eigenvalue weighted by Gasteiger charge is -2.17. The maximum absolute atomic E-state index is 11.1. The number of methoxy groups -OCH3 is 1. The van der Waals surface area contributed by atoms with Gasteiger partial charge >= 0.3 is 5.97 Å². The number of hydrogen-bond acceptors (Lipinski definition) is 4. The van der Waals surface area contributed by atoms with Crippen molar-refractivity contribution in [3.05, 3.63) is 29.3 Å². The number of ether oxygens (including phenoxy) is 1. The van der Waals surface area contributed by atoms with Gasteiger partial charge in [0.2, 0.25) is 0 Å². The number of benzene rings is 1. The number of aryl methyl sites for hydroxylation is 1. The normalized spacial score (nSPS) is 16.2. The van der Waals surface area contributed by atoms with Crippen molar-refractivity contribution in [2.45, 2.75) is 32.6 Å². The molecule has 1 aliphatic carbocycles. The van der Waals surface area contributed by atoms with Crippen molar-refractivity contribution in [2.24, 2.45) is 5.16 Å². The van der Waals surface area contributed by atoms with E-state index < -0.39 is 0 Å².